The van der Waals surface area contributed by atoms with Crippen molar-refractivity contribution < 1.29 is 35.8 Å². The summed E-state index contributed by atoms with van der Waals surface area (Å²) >= 11 is 0. The van der Waals surface area contributed by atoms with Crippen molar-refractivity contribution in [2.45, 2.75) is 44.1 Å². The van der Waals surface area contributed by atoms with Gasteiger partial charge in [0.15, 0.2) is 0 Å². The summed E-state index contributed by atoms with van der Waals surface area (Å²) in [4.78, 5) is 8.11. The second kappa shape index (κ2) is 9.59. The molecule has 1 aromatic carbocycles. The second-order valence-corrected chi connectivity index (χ2v) is 9.43. The summed E-state index contributed by atoms with van der Waals surface area (Å²) in [5.41, 5.74) is 0.730. The molecule has 0 saturated carbocycles. The first kappa shape index (κ1) is 24.2. The van der Waals surface area contributed by atoms with Crippen LogP contribution < -0.4 is 9.47 Å². The van der Waals surface area contributed by atoms with E-state index in [0.29, 0.717) is 11.7 Å². The first-order chi connectivity index (χ1) is 15.0. The molecule has 1 atom stereocenters. The van der Waals surface area contributed by atoms with Gasteiger partial charge in [0, 0.05) is 30.8 Å². The van der Waals surface area contributed by atoms with Gasteiger partial charge in [-0.15, -0.1) is 13.2 Å². The number of halogens is 3. The summed E-state index contributed by atoms with van der Waals surface area (Å²) in [5.74, 6) is 0.281. The Labute approximate surface area is 184 Å². The first-order valence-electron chi connectivity index (χ1n) is 9.90. The van der Waals surface area contributed by atoms with Crippen LogP contribution in [0.2, 0.25) is 0 Å². The number of para-hydroxylation sites is 1. The van der Waals surface area contributed by atoms with Gasteiger partial charge in [-0.05, 0) is 19.1 Å². The summed E-state index contributed by atoms with van der Waals surface area (Å²) in [6.45, 7) is 5.69. The maximum absolute atomic E-state index is 13.0. The van der Waals surface area contributed by atoms with Crippen LogP contribution >= 0.6 is 0 Å². The predicted molar refractivity (Wildman–Crippen MR) is 108 cm³/mol. The van der Waals surface area contributed by atoms with Crippen LogP contribution in [-0.4, -0.2) is 61.5 Å². The van der Waals surface area contributed by atoms with Crippen LogP contribution in [0.3, 0.4) is 0 Å². The molecular weight excluding hydrogens is 451 g/mol. The van der Waals surface area contributed by atoms with E-state index in [-0.39, 0.29) is 32.2 Å². The molecule has 1 aliphatic heterocycles. The third-order valence-corrected chi connectivity index (χ3v) is 6.48. The summed E-state index contributed by atoms with van der Waals surface area (Å²) in [6, 6.07) is 6.31. The molecule has 2 aromatic rings. The van der Waals surface area contributed by atoms with Gasteiger partial charge in [0.2, 0.25) is 15.9 Å². The zero-order valence-corrected chi connectivity index (χ0v) is 18.6. The van der Waals surface area contributed by atoms with Gasteiger partial charge in [-0.1, -0.05) is 26.0 Å². The number of rotatable bonds is 7. The molecule has 1 unspecified atom stereocenters. The van der Waals surface area contributed by atoms with Gasteiger partial charge in [0.25, 0.3) is 0 Å². The molecule has 0 N–H and O–H groups in total. The van der Waals surface area contributed by atoms with Gasteiger partial charge in [-0.2, -0.15) is 9.29 Å². The summed E-state index contributed by atoms with van der Waals surface area (Å²) < 4.78 is 80.5. The number of ether oxygens (including phenoxy) is 3. The molecule has 3 rings (SSSR count). The molecule has 8 nitrogen and oxygen atoms in total. The lowest BCUT2D eigenvalue weighted by Crippen LogP contribution is -2.47. The predicted octanol–water partition coefficient (Wildman–Crippen LogP) is 3.28. The van der Waals surface area contributed by atoms with Crippen LogP contribution in [0.4, 0.5) is 13.2 Å². The lowest BCUT2D eigenvalue weighted by atomic mass is 10.2. The van der Waals surface area contributed by atoms with E-state index in [2.05, 4.69) is 14.7 Å². The first-order valence-corrected chi connectivity index (χ1v) is 11.3. The van der Waals surface area contributed by atoms with Gasteiger partial charge in [-0.3, -0.25) is 0 Å². The number of hydrogen-bond donors (Lipinski definition) is 0. The van der Waals surface area contributed by atoms with Gasteiger partial charge >= 0.3 is 6.36 Å². The topological polar surface area (TPSA) is 90.9 Å². The van der Waals surface area contributed by atoms with Crippen LogP contribution in [-0.2, 0) is 14.8 Å². The number of hydrogen-bond acceptors (Lipinski definition) is 7. The van der Waals surface area contributed by atoms with Crippen molar-refractivity contribution in [2.75, 3.05) is 26.3 Å². The van der Waals surface area contributed by atoms with Crippen molar-refractivity contribution in [2.24, 2.45) is 0 Å². The Morgan fingerprint density at radius 1 is 1.25 bits per heavy atom. The summed E-state index contributed by atoms with van der Waals surface area (Å²) in [5, 5.41) is 0. The zero-order valence-electron chi connectivity index (χ0n) is 17.8. The number of benzene rings is 1. The lowest BCUT2D eigenvalue weighted by Gasteiger charge is -2.32. The van der Waals surface area contributed by atoms with Crippen LogP contribution in [0.25, 0.3) is 0 Å². The van der Waals surface area contributed by atoms with Gasteiger partial charge in [0.1, 0.15) is 29.2 Å². The fourth-order valence-corrected chi connectivity index (χ4v) is 4.67. The SMILES string of the molecule is Cc1cc(OCC2CN(S(=O)(=O)c3ccccc3OC(F)(F)F)CCO2)nc(C(C)C)n1. The van der Waals surface area contributed by atoms with Gasteiger partial charge < -0.3 is 14.2 Å². The Hall–Kier alpha value is -2.44. The van der Waals surface area contributed by atoms with E-state index >= 15 is 0 Å². The molecule has 12 heteroatoms. The highest BCUT2D eigenvalue weighted by Crippen LogP contribution is 2.32. The van der Waals surface area contributed by atoms with Crippen molar-refractivity contribution >= 4 is 10.0 Å². The Morgan fingerprint density at radius 2 is 1.97 bits per heavy atom. The average molecular weight is 475 g/mol. The normalized spacial score (nSPS) is 18.0. The highest BCUT2D eigenvalue weighted by Gasteiger charge is 2.37. The highest BCUT2D eigenvalue weighted by atomic mass is 32.2. The molecule has 0 spiro atoms. The van der Waals surface area contributed by atoms with E-state index < -0.39 is 33.1 Å². The second-order valence-electron chi connectivity index (χ2n) is 7.52. The van der Waals surface area contributed by atoms with Crippen molar-refractivity contribution in [1.29, 1.82) is 0 Å². The molecule has 1 saturated heterocycles. The third kappa shape index (κ3) is 6.08. The van der Waals surface area contributed by atoms with Gasteiger partial charge in [-0.25, -0.2) is 13.4 Å². The van der Waals surface area contributed by atoms with Crippen molar-refractivity contribution in [3.05, 3.63) is 41.9 Å². The number of sulfonamides is 1. The van der Waals surface area contributed by atoms with Crippen molar-refractivity contribution in [3.63, 3.8) is 0 Å². The quantitative estimate of drug-likeness (QED) is 0.607. The Kier molecular flexibility index (Phi) is 7.25. The Bertz CT molecular complexity index is 1050. The molecule has 0 bridgehead atoms. The van der Waals surface area contributed by atoms with Crippen molar-refractivity contribution in [1.82, 2.24) is 14.3 Å². The molecule has 1 aliphatic rings. The molecule has 2 heterocycles. The number of aromatic nitrogens is 2. The fraction of sp³-hybridized carbons (Fsp3) is 0.500. The Morgan fingerprint density at radius 3 is 2.66 bits per heavy atom. The summed E-state index contributed by atoms with van der Waals surface area (Å²) in [6.07, 6.45) is -5.65. The molecule has 0 radical (unpaired) electrons. The summed E-state index contributed by atoms with van der Waals surface area (Å²) in [7, 11) is -4.26. The monoisotopic (exact) mass is 475 g/mol. The fourth-order valence-electron chi connectivity index (χ4n) is 3.10. The third-order valence-electron chi connectivity index (χ3n) is 4.58. The standard InChI is InChI=1S/C20H24F3N3O5S/c1-13(2)19-24-14(3)10-18(25-19)30-12-15-11-26(8-9-29-15)32(27,28)17-7-5-4-6-16(17)31-20(21,22)23/h4-7,10,13,15H,8-9,11-12H2,1-3H3. The molecule has 1 fully saturated rings. The van der Waals surface area contributed by atoms with Crippen LogP contribution in [0.1, 0.15) is 31.3 Å². The molecule has 0 aliphatic carbocycles. The minimum absolute atomic E-state index is 0.0106. The van der Waals surface area contributed by atoms with E-state index in [4.69, 9.17) is 9.47 Å². The average Bonchev–Trinajstić information content (AvgIpc) is 2.71. The molecule has 32 heavy (non-hydrogen) atoms. The minimum Gasteiger partial charge on any atom is -0.475 e. The van der Waals surface area contributed by atoms with Crippen molar-refractivity contribution in [3.8, 4) is 11.6 Å². The number of alkyl halides is 3. The largest absolute Gasteiger partial charge is 0.573 e. The minimum atomic E-state index is -5.02. The van der Waals surface area contributed by atoms with E-state index in [1.54, 1.807) is 6.07 Å². The Balaban J connectivity index is 1.72. The van der Waals surface area contributed by atoms with Gasteiger partial charge in [0.05, 0.1) is 6.61 Å². The van der Waals surface area contributed by atoms with E-state index in [1.807, 2.05) is 20.8 Å². The molecule has 0 amide bonds. The molecule has 176 valence electrons. The highest BCUT2D eigenvalue weighted by molar-refractivity contribution is 7.89. The van der Waals surface area contributed by atoms with Crippen LogP contribution in [0.15, 0.2) is 35.2 Å². The van der Waals surface area contributed by atoms with Crippen LogP contribution in [0, 0.1) is 6.92 Å². The number of morpholine rings is 1. The maximum Gasteiger partial charge on any atom is 0.573 e. The number of nitrogens with zero attached hydrogens (tertiary/aromatic N) is 3. The zero-order chi connectivity index (χ0) is 23.5. The van der Waals surface area contributed by atoms with E-state index in [0.717, 1.165) is 22.1 Å². The van der Waals surface area contributed by atoms with E-state index in [9.17, 15) is 21.6 Å². The number of aryl methyl sites for hydroxylation is 1. The lowest BCUT2D eigenvalue weighted by molar-refractivity contribution is -0.275. The smallest absolute Gasteiger partial charge is 0.475 e. The molecular formula is C20H24F3N3O5S. The van der Waals surface area contributed by atoms with E-state index in [1.165, 1.54) is 12.1 Å². The molecule has 1 aromatic heterocycles. The maximum atomic E-state index is 13.0. The van der Waals surface area contributed by atoms with Crippen LogP contribution in [0.5, 0.6) is 11.6 Å².